The average Bonchev–Trinajstić information content (AvgIpc) is 3.45. The highest BCUT2D eigenvalue weighted by atomic mass is 35.5. The van der Waals surface area contributed by atoms with Gasteiger partial charge in [0.05, 0.1) is 28.5 Å². The first-order chi connectivity index (χ1) is 20.8. The van der Waals surface area contributed by atoms with Crippen LogP contribution < -0.4 is 14.9 Å². The Morgan fingerprint density at radius 3 is 2.58 bits per heavy atom. The third-order valence-electron chi connectivity index (χ3n) is 7.73. The Morgan fingerprint density at radius 1 is 1.09 bits per heavy atom. The summed E-state index contributed by atoms with van der Waals surface area (Å²) in [5.41, 5.74) is 5.76. The Morgan fingerprint density at radius 2 is 1.86 bits per heavy atom. The minimum absolute atomic E-state index is 0.192. The lowest BCUT2D eigenvalue weighted by Crippen LogP contribution is -2.39. The van der Waals surface area contributed by atoms with Crippen LogP contribution in [0.5, 0.6) is 0 Å². The number of halogens is 1. The number of carbonyl (C=O) groups excluding carboxylic acids is 1. The number of carbonyl (C=O) groups is 1. The molecule has 0 radical (unpaired) electrons. The van der Waals surface area contributed by atoms with E-state index in [0.717, 1.165) is 38.2 Å². The smallest absolute Gasteiger partial charge is 0.338 e. The van der Waals surface area contributed by atoms with Gasteiger partial charge in [0, 0.05) is 38.6 Å². The predicted molar refractivity (Wildman–Crippen MR) is 176 cm³/mol. The van der Waals surface area contributed by atoms with Crippen molar-refractivity contribution in [2.45, 2.75) is 38.3 Å². The van der Waals surface area contributed by atoms with Crippen LogP contribution in [-0.2, 0) is 16.1 Å². The molecule has 1 aliphatic heterocycles. The van der Waals surface area contributed by atoms with Crippen LogP contribution in [0.2, 0.25) is 5.02 Å². The van der Waals surface area contributed by atoms with Gasteiger partial charge in [-0.2, -0.15) is 0 Å². The summed E-state index contributed by atoms with van der Waals surface area (Å²) in [6, 6.07) is 23.4. The normalized spacial score (nSPS) is 15.1. The van der Waals surface area contributed by atoms with Gasteiger partial charge in [-0.3, -0.25) is 9.36 Å². The molecule has 0 N–H and O–H groups in total. The summed E-state index contributed by atoms with van der Waals surface area (Å²) in [6.45, 7) is 6.54. The number of esters is 1. The first-order valence-electron chi connectivity index (χ1n) is 14.0. The highest BCUT2D eigenvalue weighted by molar-refractivity contribution is 7.98. The number of para-hydroxylation sites is 1. The fourth-order valence-corrected chi connectivity index (χ4v) is 7.34. The zero-order valence-corrected chi connectivity index (χ0v) is 26.6. The maximum atomic E-state index is 14.2. The summed E-state index contributed by atoms with van der Waals surface area (Å²) in [7, 11) is 0. The summed E-state index contributed by atoms with van der Waals surface area (Å²) in [6.07, 6.45) is 3.98. The average molecular weight is 628 g/mol. The number of ether oxygens (including phenoxy) is 1. The van der Waals surface area contributed by atoms with Crippen LogP contribution in [0.1, 0.15) is 42.3 Å². The number of aromatic nitrogens is 2. The highest BCUT2D eigenvalue weighted by Crippen LogP contribution is 2.32. The van der Waals surface area contributed by atoms with Gasteiger partial charge in [-0.1, -0.05) is 65.4 Å². The lowest BCUT2D eigenvalue weighted by atomic mass is 9.96. The fourth-order valence-electron chi connectivity index (χ4n) is 5.69. The molecule has 3 aromatic carbocycles. The van der Waals surface area contributed by atoms with E-state index in [9.17, 15) is 9.59 Å². The van der Waals surface area contributed by atoms with Crippen molar-refractivity contribution in [2.24, 2.45) is 4.99 Å². The molecule has 6 rings (SSSR count). The van der Waals surface area contributed by atoms with Crippen LogP contribution in [0.15, 0.2) is 98.7 Å². The lowest BCUT2D eigenvalue weighted by molar-refractivity contribution is -0.139. The molecule has 0 spiro atoms. The third-order valence-corrected chi connectivity index (χ3v) is 9.70. The number of thiazole rings is 1. The molecule has 43 heavy (non-hydrogen) atoms. The molecule has 0 bridgehead atoms. The summed E-state index contributed by atoms with van der Waals surface area (Å²) in [5, 5.41) is 1.75. The Balaban J connectivity index is 1.54. The van der Waals surface area contributed by atoms with Crippen LogP contribution in [0.3, 0.4) is 0 Å². The zero-order chi connectivity index (χ0) is 30.2. The maximum Gasteiger partial charge on any atom is 0.338 e. The van der Waals surface area contributed by atoms with Crippen molar-refractivity contribution in [1.29, 1.82) is 0 Å². The molecular weight excluding hydrogens is 598 g/mol. The molecule has 0 fully saturated rings. The summed E-state index contributed by atoms with van der Waals surface area (Å²) in [5.74, 6) is -0.461. The lowest BCUT2D eigenvalue weighted by Gasteiger charge is -2.24. The standard InChI is InChI=1S/C34H30ClN3O3S2/c1-5-41-33(40)30-20(2)36-34-38(31(30)23-13-15-25(42-4)16-14-23)32(39)29(43-34)18-27-21(3)37(28-12-7-6-11-26(27)28)19-22-9-8-10-24(35)17-22/h6-18,31H,5,19H2,1-4H3. The Kier molecular flexibility index (Phi) is 8.18. The number of benzene rings is 3. The van der Waals surface area contributed by atoms with Gasteiger partial charge in [0.1, 0.15) is 0 Å². The number of hydrogen-bond acceptors (Lipinski definition) is 6. The van der Waals surface area contributed by atoms with Gasteiger partial charge >= 0.3 is 5.97 Å². The quantitative estimate of drug-likeness (QED) is 0.153. The molecule has 2 aromatic heterocycles. The molecule has 5 aromatic rings. The monoisotopic (exact) mass is 627 g/mol. The number of rotatable bonds is 7. The molecule has 0 aliphatic carbocycles. The molecular formula is C34H30ClN3O3S2. The van der Waals surface area contributed by atoms with Crippen molar-refractivity contribution < 1.29 is 9.53 Å². The Hall–Kier alpha value is -3.85. The maximum absolute atomic E-state index is 14.2. The van der Waals surface area contributed by atoms with E-state index < -0.39 is 12.0 Å². The first-order valence-corrected chi connectivity index (χ1v) is 16.4. The molecule has 0 amide bonds. The fraction of sp³-hybridized carbons (Fsp3) is 0.206. The largest absolute Gasteiger partial charge is 0.463 e. The molecule has 6 nitrogen and oxygen atoms in total. The second kappa shape index (κ2) is 12.0. The number of hydrogen-bond donors (Lipinski definition) is 0. The molecule has 1 unspecified atom stereocenters. The first kappa shape index (κ1) is 29.2. The van der Waals surface area contributed by atoms with Gasteiger partial charge < -0.3 is 9.30 Å². The third kappa shape index (κ3) is 5.39. The van der Waals surface area contributed by atoms with Crippen molar-refractivity contribution in [1.82, 2.24) is 9.13 Å². The molecule has 1 aliphatic rings. The Labute approximate surface area is 262 Å². The minimum Gasteiger partial charge on any atom is -0.463 e. The summed E-state index contributed by atoms with van der Waals surface area (Å²) >= 11 is 9.26. The van der Waals surface area contributed by atoms with Crippen molar-refractivity contribution in [3.8, 4) is 0 Å². The van der Waals surface area contributed by atoms with Crippen LogP contribution in [0.4, 0.5) is 0 Å². The van der Waals surface area contributed by atoms with E-state index in [0.29, 0.717) is 32.2 Å². The second-order valence-electron chi connectivity index (χ2n) is 10.3. The van der Waals surface area contributed by atoms with Gasteiger partial charge in [-0.05, 0) is 74.6 Å². The van der Waals surface area contributed by atoms with E-state index in [2.05, 4.69) is 29.7 Å². The SMILES string of the molecule is CCOC(=O)C1=C(C)N=c2sc(=Cc3c(C)n(Cc4cccc(Cl)c4)c4ccccc34)c(=O)n2C1c1ccc(SC)cc1. The van der Waals surface area contributed by atoms with E-state index in [1.54, 1.807) is 30.2 Å². The number of thioether (sulfide) groups is 1. The van der Waals surface area contributed by atoms with Gasteiger partial charge in [0.25, 0.3) is 5.56 Å². The van der Waals surface area contributed by atoms with Crippen molar-refractivity contribution >= 4 is 57.6 Å². The predicted octanol–water partition coefficient (Wildman–Crippen LogP) is 6.49. The second-order valence-corrected chi connectivity index (χ2v) is 12.6. The highest BCUT2D eigenvalue weighted by Gasteiger charge is 2.33. The van der Waals surface area contributed by atoms with Gasteiger partial charge in [0.2, 0.25) is 0 Å². The van der Waals surface area contributed by atoms with Crippen molar-refractivity contribution in [2.75, 3.05) is 12.9 Å². The summed E-state index contributed by atoms with van der Waals surface area (Å²) in [4.78, 5) is 33.8. The van der Waals surface area contributed by atoms with E-state index in [1.165, 1.54) is 11.3 Å². The van der Waals surface area contributed by atoms with E-state index in [1.807, 2.05) is 66.9 Å². The van der Waals surface area contributed by atoms with Crippen LogP contribution in [0, 0.1) is 6.92 Å². The van der Waals surface area contributed by atoms with E-state index in [4.69, 9.17) is 21.3 Å². The topological polar surface area (TPSA) is 65.6 Å². The van der Waals surface area contributed by atoms with Crippen molar-refractivity contribution in [3.05, 3.63) is 131 Å². The van der Waals surface area contributed by atoms with Crippen LogP contribution >= 0.6 is 34.7 Å². The van der Waals surface area contributed by atoms with Gasteiger partial charge in [0.15, 0.2) is 4.80 Å². The number of fused-ring (bicyclic) bond motifs is 2. The molecule has 3 heterocycles. The van der Waals surface area contributed by atoms with Crippen molar-refractivity contribution in [3.63, 3.8) is 0 Å². The molecule has 0 saturated carbocycles. The van der Waals surface area contributed by atoms with Crippen LogP contribution in [0.25, 0.3) is 17.0 Å². The molecule has 1 atom stereocenters. The number of allylic oxidation sites excluding steroid dienone is 1. The van der Waals surface area contributed by atoms with E-state index >= 15 is 0 Å². The van der Waals surface area contributed by atoms with E-state index in [-0.39, 0.29) is 12.2 Å². The molecule has 0 saturated heterocycles. The molecule has 218 valence electrons. The minimum atomic E-state index is -0.640. The van der Waals surface area contributed by atoms with Crippen LogP contribution in [-0.4, -0.2) is 28.0 Å². The zero-order valence-electron chi connectivity index (χ0n) is 24.3. The molecule has 9 heteroatoms. The summed E-state index contributed by atoms with van der Waals surface area (Å²) < 4.78 is 9.89. The number of nitrogens with zero attached hydrogens (tertiary/aromatic N) is 3. The van der Waals surface area contributed by atoms with Gasteiger partial charge in [-0.25, -0.2) is 9.79 Å². The van der Waals surface area contributed by atoms with Gasteiger partial charge in [-0.15, -0.1) is 11.8 Å². The Bertz CT molecular complexity index is 2090.